The van der Waals surface area contributed by atoms with Crippen molar-refractivity contribution in [2.24, 2.45) is 0 Å². The number of carbonyl (C=O) groups is 3. The van der Waals surface area contributed by atoms with Crippen molar-refractivity contribution in [1.29, 1.82) is 0 Å². The van der Waals surface area contributed by atoms with Gasteiger partial charge >= 0.3 is 12.1 Å². The number of hydrogen-bond acceptors (Lipinski definition) is 4. The van der Waals surface area contributed by atoms with Gasteiger partial charge < -0.3 is 4.84 Å². The lowest BCUT2D eigenvalue weighted by molar-refractivity contribution is -0.193. The van der Waals surface area contributed by atoms with Crippen LogP contribution in [-0.4, -0.2) is 22.8 Å². The van der Waals surface area contributed by atoms with E-state index in [0.717, 1.165) is 18.2 Å². The summed E-state index contributed by atoms with van der Waals surface area (Å²) in [6.45, 7) is 0. The highest BCUT2D eigenvalue weighted by Gasteiger charge is 2.32. The minimum atomic E-state index is -4.43. The molecule has 5 nitrogen and oxygen atoms in total. The van der Waals surface area contributed by atoms with Gasteiger partial charge in [-0.05, 0) is 23.8 Å². The molecule has 22 heavy (non-hydrogen) atoms. The monoisotopic (exact) mass is 313 g/mol. The fraction of sp³-hybridized carbons (Fsp3) is 0.214. The average Bonchev–Trinajstić information content (AvgIpc) is 2.76. The molecule has 0 saturated carbocycles. The van der Waals surface area contributed by atoms with Crippen LogP contribution in [0.15, 0.2) is 30.3 Å². The lowest BCUT2D eigenvalue weighted by atomic mass is 10.1. The van der Waals surface area contributed by atoms with E-state index in [2.05, 4.69) is 4.84 Å². The van der Waals surface area contributed by atoms with Crippen LogP contribution >= 0.6 is 0 Å². The van der Waals surface area contributed by atoms with Crippen LogP contribution in [0.2, 0.25) is 0 Å². The number of rotatable bonds is 3. The standard InChI is InChI=1S/C14H10F3NO4/c15-14(16,17)10-4-1-9(2-5-10)3-8-13(21)22-18-11(19)6-7-12(18)20/h1-5,8H,6-7H2. The first kappa shape index (κ1) is 15.7. The van der Waals surface area contributed by atoms with Crippen LogP contribution in [0.1, 0.15) is 24.0 Å². The third-order valence-corrected chi connectivity index (χ3v) is 2.84. The molecule has 1 heterocycles. The quantitative estimate of drug-likeness (QED) is 0.634. The first-order valence-electron chi connectivity index (χ1n) is 6.20. The Bertz CT molecular complexity index is 618. The molecule has 116 valence electrons. The molecule has 0 N–H and O–H groups in total. The van der Waals surface area contributed by atoms with Crippen LogP contribution in [0, 0.1) is 0 Å². The van der Waals surface area contributed by atoms with Gasteiger partial charge in [0, 0.05) is 18.9 Å². The van der Waals surface area contributed by atoms with Crippen LogP contribution in [0.5, 0.6) is 0 Å². The van der Waals surface area contributed by atoms with Crippen molar-refractivity contribution in [2.75, 3.05) is 0 Å². The number of hydrogen-bond donors (Lipinski definition) is 0. The maximum Gasteiger partial charge on any atom is 0.416 e. The van der Waals surface area contributed by atoms with E-state index in [1.54, 1.807) is 0 Å². The predicted octanol–water partition coefficient (Wildman–Crippen LogP) is 2.33. The molecule has 0 spiro atoms. The molecule has 0 atom stereocenters. The number of halogens is 3. The largest absolute Gasteiger partial charge is 0.416 e. The van der Waals surface area contributed by atoms with Crippen LogP contribution < -0.4 is 0 Å². The molecular weight excluding hydrogens is 303 g/mol. The molecule has 2 amide bonds. The van der Waals surface area contributed by atoms with Crippen LogP contribution in [0.4, 0.5) is 13.2 Å². The Hall–Kier alpha value is -2.64. The van der Waals surface area contributed by atoms with Crippen molar-refractivity contribution < 1.29 is 32.4 Å². The first-order valence-corrected chi connectivity index (χ1v) is 6.20. The van der Waals surface area contributed by atoms with Gasteiger partial charge in [-0.1, -0.05) is 12.1 Å². The van der Waals surface area contributed by atoms with Crippen LogP contribution in [0.3, 0.4) is 0 Å². The number of benzene rings is 1. The zero-order valence-electron chi connectivity index (χ0n) is 11.1. The van der Waals surface area contributed by atoms with E-state index in [1.165, 1.54) is 18.2 Å². The van der Waals surface area contributed by atoms with Crippen LogP contribution in [-0.2, 0) is 25.4 Å². The van der Waals surface area contributed by atoms with E-state index in [0.29, 0.717) is 10.6 Å². The van der Waals surface area contributed by atoms with Crippen molar-refractivity contribution in [1.82, 2.24) is 5.06 Å². The number of nitrogens with zero attached hydrogens (tertiary/aromatic N) is 1. The van der Waals surface area contributed by atoms with E-state index in [4.69, 9.17) is 0 Å². The number of carbonyl (C=O) groups excluding carboxylic acids is 3. The van der Waals surface area contributed by atoms with Crippen molar-refractivity contribution in [2.45, 2.75) is 19.0 Å². The summed E-state index contributed by atoms with van der Waals surface area (Å²) >= 11 is 0. The van der Waals surface area contributed by atoms with Crippen molar-refractivity contribution in [3.05, 3.63) is 41.5 Å². The summed E-state index contributed by atoms with van der Waals surface area (Å²) in [7, 11) is 0. The molecule has 1 aliphatic rings. The molecule has 1 fully saturated rings. The summed E-state index contributed by atoms with van der Waals surface area (Å²) in [5.41, 5.74) is -0.468. The maximum absolute atomic E-state index is 12.4. The Kier molecular flexibility index (Phi) is 4.30. The summed E-state index contributed by atoms with van der Waals surface area (Å²) in [5.74, 6) is -2.19. The molecular formula is C14H10F3NO4. The second-order valence-corrected chi connectivity index (χ2v) is 4.45. The molecule has 1 aromatic carbocycles. The highest BCUT2D eigenvalue weighted by molar-refractivity contribution is 6.02. The Morgan fingerprint density at radius 3 is 2.14 bits per heavy atom. The summed E-state index contributed by atoms with van der Waals surface area (Å²) in [5, 5.41) is 0.388. The van der Waals surface area contributed by atoms with Gasteiger partial charge in [0.2, 0.25) is 0 Å². The fourth-order valence-corrected chi connectivity index (χ4v) is 1.73. The number of hydroxylamine groups is 2. The van der Waals surface area contributed by atoms with E-state index >= 15 is 0 Å². The minimum Gasteiger partial charge on any atom is -0.326 e. The molecule has 2 rings (SSSR count). The van der Waals surface area contributed by atoms with E-state index < -0.39 is 29.5 Å². The highest BCUT2D eigenvalue weighted by Crippen LogP contribution is 2.29. The number of alkyl halides is 3. The van der Waals surface area contributed by atoms with Gasteiger partial charge in [-0.3, -0.25) is 9.59 Å². The highest BCUT2D eigenvalue weighted by atomic mass is 19.4. The molecule has 0 aromatic heterocycles. The fourth-order valence-electron chi connectivity index (χ4n) is 1.73. The van der Waals surface area contributed by atoms with Gasteiger partial charge in [0.05, 0.1) is 5.56 Å². The first-order chi connectivity index (χ1) is 10.3. The minimum absolute atomic E-state index is 0.0191. The molecule has 1 aliphatic heterocycles. The predicted molar refractivity (Wildman–Crippen MR) is 67.7 cm³/mol. The molecule has 0 unspecified atom stereocenters. The van der Waals surface area contributed by atoms with Crippen molar-refractivity contribution >= 4 is 23.9 Å². The average molecular weight is 313 g/mol. The summed E-state index contributed by atoms with van der Waals surface area (Å²) in [6, 6.07) is 4.11. The lowest BCUT2D eigenvalue weighted by Gasteiger charge is -2.10. The molecule has 8 heteroatoms. The lowest BCUT2D eigenvalue weighted by Crippen LogP contribution is -2.31. The Morgan fingerprint density at radius 1 is 1.09 bits per heavy atom. The SMILES string of the molecule is O=C(C=Cc1ccc(C(F)(F)F)cc1)ON1C(=O)CCC1=O. The van der Waals surface area contributed by atoms with Gasteiger partial charge in [0.25, 0.3) is 11.8 Å². The second kappa shape index (κ2) is 6.00. The number of amides is 2. The van der Waals surface area contributed by atoms with Gasteiger partial charge in [0.1, 0.15) is 0 Å². The molecule has 1 saturated heterocycles. The van der Waals surface area contributed by atoms with E-state index in [-0.39, 0.29) is 12.8 Å². The smallest absolute Gasteiger partial charge is 0.326 e. The van der Waals surface area contributed by atoms with Gasteiger partial charge in [-0.2, -0.15) is 13.2 Å². The number of imide groups is 1. The topological polar surface area (TPSA) is 63.7 Å². The van der Waals surface area contributed by atoms with Gasteiger partial charge in [0.15, 0.2) is 0 Å². The Balaban J connectivity index is 1.98. The van der Waals surface area contributed by atoms with Gasteiger partial charge in [-0.25, -0.2) is 4.79 Å². The van der Waals surface area contributed by atoms with Gasteiger partial charge in [-0.15, -0.1) is 5.06 Å². The third kappa shape index (κ3) is 3.72. The molecule has 1 aromatic rings. The second-order valence-electron chi connectivity index (χ2n) is 4.45. The third-order valence-electron chi connectivity index (χ3n) is 2.84. The Morgan fingerprint density at radius 2 is 1.64 bits per heavy atom. The molecule has 0 aliphatic carbocycles. The van der Waals surface area contributed by atoms with Crippen molar-refractivity contribution in [3.63, 3.8) is 0 Å². The summed E-state index contributed by atoms with van der Waals surface area (Å²) in [4.78, 5) is 38.5. The molecule has 0 bridgehead atoms. The van der Waals surface area contributed by atoms with E-state index in [1.807, 2.05) is 0 Å². The van der Waals surface area contributed by atoms with Crippen molar-refractivity contribution in [3.8, 4) is 0 Å². The van der Waals surface area contributed by atoms with E-state index in [9.17, 15) is 27.6 Å². The normalized spacial score (nSPS) is 15.7. The summed E-state index contributed by atoms with van der Waals surface area (Å²) in [6.07, 6.45) is -2.34. The maximum atomic E-state index is 12.4. The Labute approximate surface area is 122 Å². The molecule has 0 radical (unpaired) electrons. The zero-order valence-corrected chi connectivity index (χ0v) is 11.1. The zero-order chi connectivity index (χ0) is 16.3. The van der Waals surface area contributed by atoms with Crippen LogP contribution in [0.25, 0.3) is 6.08 Å². The summed E-state index contributed by atoms with van der Waals surface area (Å²) < 4.78 is 37.1.